The highest BCUT2D eigenvalue weighted by atomic mass is 35.5. The van der Waals surface area contributed by atoms with Crippen molar-refractivity contribution in [3.05, 3.63) is 52.0 Å². The second kappa shape index (κ2) is 14.1. The molecule has 1 saturated heterocycles. The number of fused-ring (bicyclic) bond motifs is 1. The minimum atomic E-state index is -1.38. The maximum absolute atomic E-state index is 12.8. The van der Waals surface area contributed by atoms with Crippen LogP contribution < -0.4 is 14.5 Å². The van der Waals surface area contributed by atoms with E-state index in [4.69, 9.17) is 32.7 Å². The summed E-state index contributed by atoms with van der Waals surface area (Å²) in [6.07, 6.45) is 2.76. The summed E-state index contributed by atoms with van der Waals surface area (Å²) < 4.78 is 11.2. The molecule has 2 aromatic rings. The van der Waals surface area contributed by atoms with Gasteiger partial charge in [0.05, 0.1) is 28.0 Å². The molecule has 212 valence electrons. The van der Waals surface area contributed by atoms with Crippen LogP contribution in [0.5, 0.6) is 5.75 Å². The van der Waals surface area contributed by atoms with E-state index in [0.29, 0.717) is 47.4 Å². The highest BCUT2D eigenvalue weighted by Crippen LogP contribution is 2.35. The lowest BCUT2D eigenvalue weighted by Crippen LogP contribution is -2.46. The lowest BCUT2D eigenvalue weighted by atomic mass is 10.00. The second-order valence-electron chi connectivity index (χ2n) is 9.99. The Morgan fingerprint density at radius 1 is 1.03 bits per heavy atom. The van der Waals surface area contributed by atoms with E-state index >= 15 is 0 Å². The Morgan fingerprint density at radius 3 is 2.56 bits per heavy atom. The molecule has 1 N–H and O–H groups in total. The van der Waals surface area contributed by atoms with Crippen LogP contribution in [0.25, 0.3) is 0 Å². The molecule has 8 nitrogen and oxygen atoms in total. The number of ether oxygens (including phenoxy) is 2. The minimum absolute atomic E-state index is 0.125. The van der Waals surface area contributed by atoms with Gasteiger partial charge in [-0.2, -0.15) is 0 Å². The first-order valence-electron chi connectivity index (χ1n) is 13.8. The van der Waals surface area contributed by atoms with Gasteiger partial charge in [-0.1, -0.05) is 48.7 Å². The molecule has 1 fully saturated rings. The Bertz CT molecular complexity index is 1140. The van der Waals surface area contributed by atoms with Crippen molar-refractivity contribution in [3.8, 4) is 5.75 Å². The molecule has 2 heterocycles. The van der Waals surface area contributed by atoms with Crippen molar-refractivity contribution in [1.29, 1.82) is 0 Å². The Balaban J connectivity index is 1.26. The van der Waals surface area contributed by atoms with Crippen LogP contribution in [0.4, 0.5) is 16.2 Å². The molecule has 2 aliphatic heterocycles. The third-order valence-electron chi connectivity index (χ3n) is 7.30. The quantitative estimate of drug-likeness (QED) is 0.229. The van der Waals surface area contributed by atoms with Crippen molar-refractivity contribution in [2.24, 2.45) is 0 Å². The van der Waals surface area contributed by atoms with E-state index < -0.39 is 12.4 Å². The van der Waals surface area contributed by atoms with E-state index in [9.17, 15) is 14.7 Å². The molecule has 0 saturated carbocycles. The van der Waals surface area contributed by atoms with Gasteiger partial charge in [0.1, 0.15) is 5.75 Å². The van der Waals surface area contributed by atoms with E-state index in [1.165, 1.54) is 4.90 Å². The zero-order valence-corrected chi connectivity index (χ0v) is 23.9. The molecule has 0 bridgehead atoms. The highest BCUT2D eigenvalue weighted by Gasteiger charge is 2.33. The van der Waals surface area contributed by atoms with Gasteiger partial charge in [0.15, 0.2) is 6.23 Å². The van der Waals surface area contributed by atoms with Crippen LogP contribution in [-0.2, 0) is 16.0 Å². The van der Waals surface area contributed by atoms with E-state index in [1.807, 2.05) is 43.3 Å². The van der Waals surface area contributed by atoms with Crippen molar-refractivity contribution in [1.82, 2.24) is 4.90 Å². The molecule has 2 aliphatic rings. The zero-order chi connectivity index (χ0) is 27.8. The summed E-state index contributed by atoms with van der Waals surface area (Å²) in [5.41, 5.74) is 2.67. The monoisotopic (exact) mass is 577 g/mol. The first-order chi connectivity index (χ1) is 18.9. The number of aryl methyl sites for hydroxylation is 1. The fourth-order valence-electron chi connectivity index (χ4n) is 5.19. The van der Waals surface area contributed by atoms with Gasteiger partial charge in [0.2, 0.25) is 5.91 Å². The van der Waals surface area contributed by atoms with Gasteiger partial charge in [0.25, 0.3) is 0 Å². The average molecular weight is 579 g/mol. The minimum Gasteiger partial charge on any atom is -0.494 e. The molecule has 2 aromatic carbocycles. The highest BCUT2D eigenvalue weighted by molar-refractivity contribution is 6.43. The van der Waals surface area contributed by atoms with Crippen LogP contribution in [0, 0.1) is 0 Å². The number of anilines is 2. The van der Waals surface area contributed by atoms with E-state index in [1.54, 1.807) is 0 Å². The number of hydrogen-bond acceptors (Lipinski definition) is 6. The summed E-state index contributed by atoms with van der Waals surface area (Å²) in [5.74, 6) is 0.546. The van der Waals surface area contributed by atoms with Gasteiger partial charge < -0.3 is 19.5 Å². The maximum Gasteiger partial charge on any atom is 0.507 e. The molecule has 0 aromatic heterocycles. The molecule has 1 unspecified atom stereocenters. The fourth-order valence-corrected chi connectivity index (χ4v) is 5.61. The SMILES string of the molecule is CCCCC(OC(=O)O)N1C(=O)CCc2ccc(OCCCCN3CCN(c4cccc(Cl)c4Cl)CC3)cc21. The number of amides is 1. The van der Waals surface area contributed by atoms with Gasteiger partial charge in [-0.3, -0.25) is 14.6 Å². The number of unbranched alkanes of at least 4 members (excludes halogenated alkanes) is 2. The van der Waals surface area contributed by atoms with Crippen LogP contribution >= 0.6 is 23.2 Å². The number of carbonyl (C=O) groups is 2. The van der Waals surface area contributed by atoms with E-state index in [0.717, 1.165) is 69.7 Å². The van der Waals surface area contributed by atoms with Gasteiger partial charge in [-0.25, -0.2) is 4.79 Å². The van der Waals surface area contributed by atoms with E-state index in [-0.39, 0.29) is 5.91 Å². The molecule has 1 atom stereocenters. The number of nitrogens with zero attached hydrogens (tertiary/aromatic N) is 3. The number of benzene rings is 2. The number of carbonyl (C=O) groups excluding carboxylic acids is 1. The Kier molecular flexibility index (Phi) is 10.6. The summed E-state index contributed by atoms with van der Waals surface area (Å²) in [5, 5.41) is 10.4. The maximum atomic E-state index is 12.8. The Hall–Kier alpha value is -2.68. The average Bonchev–Trinajstić information content (AvgIpc) is 2.92. The predicted octanol–water partition coefficient (Wildman–Crippen LogP) is 6.46. The largest absolute Gasteiger partial charge is 0.507 e. The molecule has 1 amide bonds. The van der Waals surface area contributed by atoms with Crippen LogP contribution in [0.3, 0.4) is 0 Å². The molecule has 10 heteroatoms. The lowest BCUT2D eigenvalue weighted by molar-refractivity contribution is -0.121. The fraction of sp³-hybridized carbons (Fsp3) is 0.517. The van der Waals surface area contributed by atoms with Crippen LogP contribution in [-0.4, -0.2) is 67.6 Å². The van der Waals surface area contributed by atoms with Gasteiger partial charge in [-0.05, 0) is 56.0 Å². The van der Waals surface area contributed by atoms with Crippen LogP contribution in [0.15, 0.2) is 36.4 Å². The molecular formula is C29H37Cl2N3O5. The topological polar surface area (TPSA) is 82.5 Å². The summed E-state index contributed by atoms with van der Waals surface area (Å²) in [7, 11) is 0. The van der Waals surface area contributed by atoms with Crippen molar-refractivity contribution < 1.29 is 24.2 Å². The predicted molar refractivity (Wildman–Crippen MR) is 155 cm³/mol. The standard InChI is InChI=1S/C29H37Cl2N3O5/c1-2-3-9-27(39-29(36)37)34-25-20-22(12-10-21(25)11-13-26(34)35)38-19-5-4-14-32-15-17-33(18-16-32)24-8-6-7-23(30)28(24)31/h6-8,10,12,20,27H,2-5,9,11,13-19H2,1H3,(H,36,37). The first-order valence-corrected chi connectivity index (χ1v) is 14.5. The third-order valence-corrected chi connectivity index (χ3v) is 8.11. The normalized spacial score (nSPS) is 16.6. The number of piperazine rings is 1. The lowest BCUT2D eigenvalue weighted by Gasteiger charge is -2.36. The molecular weight excluding hydrogens is 541 g/mol. The van der Waals surface area contributed by atoms with Gasteiger partial charge in [0, 0.05) is 45.1 Å². The van der Waals surface area contributed by atoms with Crippen molar-refractivity contribution in [2.45, 2.75) is 58.1 Å². The molecule has 0 aliphatic carbocycles. The second-order valence-corrected chi connectivity index (χ2v) is 10.8. The van der Waals surface area contributed by atoms with Gasteiger partial charge >= 0.3 is 6.16 Å². The molecule has 39 heavy (non-hydrogen) atoms. The van der Waals surface area contributed by atoms with Crippen molar-refractivity contribution in [3.63, 3.8) is 0 Å². The Labute approximate surface area is 240 Å². The molecule has 0 spiro atoms. The molecule has 0 radical (unpaired) electrons. The van der Waals surface area contributed by atoms with Crippen LogP contribution in [0.2, 0.25) is 10.0 Å². The summed E-state index contributed by atoms with van der Waals surface area (Å²) in [6, 6.07) is 11.5. The van der Waals surface area contributed by atoms with Gasteiger partial charge in [-0.15, -0.1) is 0 Å². The summed E-state index contributed by atoms with van der Waals surface area (Å²) in [6.45, 7) is 7.34. The number of halogens is 2. The number of rotatable bonds is 12. The third kappa shape index (κ3) is 7.71. The van der Waals surface area contributed by atoms with E-state index in [2.05, 4.69) is 9.80 Å². The van der Waals surface area contributed by atoms with Crippen LogP contribution in [0.1, 0.15) is 51.0 Å². The summed E-state index contributed by atoms with van der Waals surface area (Å²) >= 11 is 12.6. The molecule has 4 rings (SSSR count). The number of hydrogen-bond donors (Lipinski definition) is 1. The number of carboxylic acid groups (broad SMARTS) is 1. The van der Waals surface area contributed by atoms with Crippen molar-refractivity contribution in [2.75, 3.05) is 49.1 Å². The Morgan fingerprint density at radius 2 is 1.82 bits per heavy atom. The first kappa shape index (κ1) is 29.3. The van der Waals surface area contributed by atoms with Crippen molar-refractivity contribution >= 4 is 46.6 Å². The zero-order valence-electron chi connectivity index (χ0n) is 22.4. The summed E-state index contributed by atoms with van der Waals surface area (Å²) in [4.78, 5) is 30.4. The smallest absolute Gasteiger partial charge is 0.494 e.